The summed E-state index contributed by atoms with van der Waals surface area (Å²) in [4.78, 5) is 19.1. The highest BCUT2D eigenvalue weighted by molar-refractivity contribution is 8.00. The van der Waals surface area contributed by atoms with Crippen LogP contribution < -0.4 is 0 Å². The summed E-state index contributed by atoms with van der Waals surface area (Å²) in [5.74, 6) is 0.234. The highest BCUT2D eigenvalue weighted by Gasteiger charge is 2.35. The number of thioether (sulfide) groups is 1. The van der Waals surface area contributed by atoms with E-state index in [0.29, 0.717) is 13.0 Å². The molecule has 1 aromatic carbocycles. The number of rotatable bonds is 5. The van der Waals surface area contributed by atoms with Gasteiger partial charge in [0.05, 0.1) is 27.3 Å². The van der Waals surface area contributed by atoms with Crippen molar-refractivity contribution in [3.8, 4) is 0 Å². The van der Waals surface area contributed by atoms with Gasteiger partial charge in [0.25, 0.3) is 0 Å². The Bertz CT molecular complexity index is 883. The molecule has 2 aromatic rings. The Morgan fingerprint density at radius 3 is 2.76 bits per heavy atom. The van der Waals surface area contributed by atoms with E-state index in [1.54, 1.807) is 4.90 Å². The van der Waals surface area contributed by atoms with Crippen molar-refractivity contribution in [1.29, 1.82) is 0 Å². The van der Waals surface area contributed by atoms with Crippen molar-refractivity contribution in [2.75, 3.05) is 18.1 Å². The number of benzene rings is 1. The molecule has 1 aromatic heterocycles. The SMILES string of the molecule is CCN(C(=O)[C@@H](C)Sc1ccc2ccccc2n1)[C@@H]1CCS(=O)(=O)C1. The zero-order valence-corrected chi connectivity index (χ0v) is 16.0. The Morgan fingerprint density at radius 2 is 2.08 bits per heavy atom. The van der Waals surface area contributed by atoms with Crippen LogP contribution in [0.1, 0.15) is 20.3 Å². The number of sulfone groups is 1. The van der Waals surface area contributed by atoms with Crippen LogP contribution in [-0.4, -0.2) is 53.6 Å². The van der Waals surface area contributed by atoms with Gasteiger partial charge in [0.1, 0.15) is 0 Å². The minimum atomic E-state index is -3.01. The molecule has 3 rings (SSSR count). The third-order valence-corrected chi connectivity index (χ3v) is 7.27. The highest BCUT2D eigenvalue weighted by atomic mass is 32.2. The molecule has 2 atom stereocenters. The zero-order chi connectivity index (χ0) is 18.0. The Morgan fingerprint density at radius 1 is 1.32 bits per heavy atom. The summed E-state index contributed by atoms with van der Waals surface area (Å²) in [6.07, 6.45) is 0.535. The summed E-state index contributed by atoms with van der Waals surface area (Å²) in [5, 5.41) is 1.56. The number of carbonyl (C=O) groups excluding carboxylic acids is 1. The molecule has 1 aliphatic rings. The second kappa shape index (κ2) is 7.33. The summed E-state index contributed by atoms with van der Waals surface area (Å²) in [7, 11) is -3.01. The summed E-state index contributed by atoms with van der Waals surface area (Å²) in [6.45, 7) is 4.28. The van der Waals surface area contributed by atoms with Crippen molar-refractivity contribution in [1.82, 2.24) is 9.88 Å². The van der Waals surface area contributed by atoms with Crippen LogP contribution in [0.2, 0.25) is 0 Å². The molecular weight excluding hydrogens is 356 g/mol. The van der Waals surface area contributed by atoms with E-state index in [2.05, 4.69) is 4.98 Å². The first kappa shape index (κ1) is 18.2. The van der Waals surface area contributed by atoms with Gasteiger partial charge in [0.15, 0.2) is 9.84 Å². The van der Waals surface area contributed by atoms with Crippen molar-refractivity contribution < 1.29 is 13.2 Å². The van der Waals surface area contributed by atoms with Gasteiger partial charge in [0.2, 0.25) is 5.91 Å². The smallest absolute Gasteiger partial charge is 0.236 e. The lowest BCUT2D eigenvalue weighted by atomic mass is 10.2. The molecule has 0 spiro atoms. The van der Waals surface area contributed by atoms with E-state index >= 15 is 0 Å². The van der Waals surface area contributed by atoms with E-state index in [4.69, 9.17) is 0 Å². The van der Waals surface area contributed by atoms with Crippen LogP contribution in [0.3, 0.4) is 0 Å². The topological polar surface area (TPSA) is 67.3 Å². The molecule has 134 valence electrons. The second-order valence-electron chi connectivity index (χ2n) is 6.28. The van der Waals surface area contributed by atoms with Crippen molar-refractivity contribution in [3.05, 3.63) is 36.4 Å². The standard InChI is InChI=1S/C18H22N2O3S2/c1-3-20(15-10-11-25(22,23)12-15)18(21)13(2)24-17-9-8-14-6-4-5-7-16(14)19-17/h4-9,13,15H,3,10-12H2,1-2H3/t13-,15-/m1/s1. The van der Waals surface area contributed by atoms with Gasteiger partial charge in [-0.15, -0.1) is 0 Å². The normalized spacial score (nSPS) is 20.5. The first-order valence-electron chi connectivity index (χ1n) is 8.43. The van der Waals surface area contributed by atoms with Crippen LogP contribution in [0, 0.1) is 0 Å². The van der Waals surface area contributed by atoms with Crippen LogP contribution in [0.4, 0.5) is 0 Å². The minimum absolute atomic E-state index is 0.0236. The number of pyridine rings is 1. The van der Waals surface area contributed by atoms with Gasteiger partial charge in [-0.25, -0.2) is 13.4 Å². The number of amides is 1. The molecule has 0 radical (unpaired) electrons. The first-order chi connectivity index (χ1) is 11.9. The van der Waals surface area contributed by atoms with Gasteiger partial charge in [-0.3, -0.25) is 4.79 Å². The quantitative estimate of drug-likeness (QED) is 0.749. The number of para-hydroxylation sites is 1. The molecule has 25 heavy (non-hydrogen) atoms. The predicted octanol–water partition coefficient (Wildman–Crippen LogP) is 2.75. The minimum Gasteiger partial charge on any atom is -0.338 e. The Labute approximate surface area is 152 Å². The molecular formula is C18H22N2O3S2. The van der Waals surface area contributed by atoms with Gasteiger partial charge in [-0.1, -0.05) is 36.0 Å². The number of carbonyl (C=O) groups is 1. The molecule has 0 N–H and O–H groups in total. The second-order valence-corrected chi connectivity index (χ2v) is 9.87. The maximum Gasteiger partial charge on any atom is 0.236 e. The molecule has 2 heterocycles. The summed E-state index contributed by atoms with van der Waals surface area (Å²) < 4.78 is 23.4. The molecule has 0 bridgehead atoms. The Kier molecular flexibility index (Phi) is 5.34. The number of hydrogen-bond donors (Lipinski definition) is 0. The lowest BCUT2D eigenvalue weighted by Gasteiger charge is -2.29. The molecule has 0 aliphatic carbocycles. The van der Waals surface area contributed by atoms with Gasteiger partial charge in [-0.2, -0.15) is 0 Å². The van der Waals surface area contributed by atoms with Crippen LogP contribution >= 0.6 is 11.8 Å². The first-order valence-corrected chi connectivity index (χ1v) is 11.1. The third kappa shape index (κ3) is 4.15. The summed E-state index contributed by atoms with van der Waals surface area (Å²) >= 11 is 1.42. The van der Waals surface area contributed by atoms with Crippen LogP contribution in [0.15, 0.2) is 41.4 Å². The molecule has 5 nitrogen and oxygen atoms in total. The number of hydrogen-bond acceptors (Lipinski definition) is 5. The fourth-order valence-corrected chi connectivity index (χ4v) is 5.82. The van der Waals surface area contributed by atoms with E-state index < -0.39 is 9.84 Å². The maximum absolute atomic E-state index is 12.8. The van der Waals surface area contributed by atoms with E-state index in [-0.39, 0.29) is 28.7 Å². The van der Waals surface area contributed by atoms with Gasteiger partial charge < -0.3 is 4.90 Å². The largest absolute Gasteiger partial charge is 0.338 e. The van der Waals surface area contributed by atoms with Crippen molar-refractivity contribution in [2.24, 2.45) is 0 Å². The number of aromatic nitrogens is 1. The summed E-state index contributed by atoms with van der Waals surface area (Å²) in [5.41, 5.74) is 0.904. The Balaban J connectivity index is 1.72. The predicted molar refractivity (Wildman–Crippen MR) is 102 cm³/mol. The van der Waals surface area contributed by atoms with Gasteiger partial charge >= 0.3 is 0 Å². The van der Waals surface area contributed by atoms with Crippen molar-refractivity contribution >= 4 is 38.4 Å². The lowest BCUT2D eigenvalue weighted by Crippen LogP contribution is -2.44. The monoisotopic (exact) mass is 378 g/mol. The highest BCUT2D eigenvalue weighted by Crippen LogP contribution is 2.27. The molecule has 7 heteroatoms. The summed E-state index contributed by atoms with van der Waals surface area (Å²) in [6, 6.07) is 11.6. The van der Waals surface area contributed by atoms with Gasteiger partial charge in [0, 0.05) is 18.0 Å². The van der Waals surface area contributed by atoms with E-state index in [1.165, 1.54) is 11.8 Å². The Hall–Kier alpha value is -1.60. The lowest BCUT2D eigenvalue weighted by molar-refractivity contribution is -0.131. The maximum atomic E-state index is 12.8. The molecule has 1 saturated heterocycles. The van der Waals surface area contributed by atoms with Crippen molar-refractivity contribution in [2.45, 2.75) is 36.6 Å². The van der Waals surface area contributed by atoms with Crippen LogP contribution in [-0.2, 0) is 14.6 Å². The average molecular weight is 379 g/mol. The van der Waals surface area contributed by atoms with E-state index in [0.717, 1.165) is 15.9 Å². The van der Waals surface area contributed by atoms with Crippen LogP contribution in [0.5, 0.6) is 0 Å². The fourth-order valence-electron chi connectivity index (χ4n) is 3.19. The van der Waals surface area contributed by atoms with E-state index in [9.17, 15) is 13.2 Å². The molecule has 1 aliphatic heterocycles. The molecule has 0 saturated carbocycles. The molecule has 1 amide bonds. The van der Waals surface area contributed by atoms with E-state index in [1.807, 2.05) is 50.2 Å². The number of nitrogens with zero attached hydrogens (tertiary/aromatic N) is 2. The zero-order valence-electron chi connectivity index (χ0n) is 14.4. The third-order valence-electron chi connectivity index (χ3n) is 4.49. The molecule has 1 fully saturated rings. The van der Waals surface area contributed by atoms with Crippen molar-refractivity contribution in [3.63, 3.8) is 0 Å². The van der Waals surface area contributed by atoms with Crippen LogP contribution in [0.25, 0.3) is 10.9 Å². The average Bonchev–Trinajstić information content (AvgIpc) is 2.95. The molecule has 0 unspecified atom stereocenters. The number of fused-ring (bicyclic) bond motifs is 1. The van der Waals surface area contributed by atoms with Gasteiger partial charge in [-0.05, 0) is 32.4 Å². The fraction of sp³-hybridized carbons (Fsp3) is 0.444.